The molecular weight excluding hydrogens is 338 g/mol. The van der Waals surface area contributed by atoms with Crippen molar-refractivity contribution in [1.82, 2.24) is 0 Å². The lowest BCUT2D eigenvalue weighted by molar-refractivity contribution is -0.139. The second kappa shape index (κ2) is 12.4. The van der Waals surface area contributed by atoms with E-state index in [-0.39, 0.29) is 37.1 Å². The van der Waals surface area contributed by atoms with E-state index in [2.05, 4.69) is 16.5 Å². The molecule has 0 unspecified atom stereocenters. The second-order valence-corrected chi connectivity index (χ2v) is 5.90. The molecule has 0 spiro atoms. The zero-order chi connectivity index (χ0) is 19.4. The molecule has 0 saturated heterocycles. The van der Waals surface area contributed by atoms with Crippen molar-refractivity contribution in [3.63, 3.8) is 0 Å². The molecule has 1 heterocycles. The minimum Gasteiger partial charge on any atom is -0.469 e. The maximum absolute atomic E-state index is 11.1. The first kappa shape index (κ1) is 22.1. The molecule has 0 bridgehead atoms. The number of rotatable bonds is 11. The Morgan fingerprint density at radius 3 is 2.81 bits per heavy atom. The Kier molecular flexibility index (Phi) is 10.5. The Morgan fingerprint density at radius 1 is 1.42 bits per heavy atom. The highest BCUT2D eigenvalue weighted by atomic mass is 16.7. The molecule has 0 amide bonds. The molecule has 0 aromatic heterocycles. The minimum atomic E-state index is -0.486. The summed E-state index contributed by atoms with van der Waals surface area (Å²) in [7, 11) is 2.92. The van der Waals surface area contributed by atoms with E-state index < -0.39 is 12.2 Å². The summed E-state index contributed by atoms with van der Waals surface area (Å²) < 4.78 is 15.7. The van der Waals surface area contributed by atoms with Gasteiger partial charge in [0.15, 0.2) is 6.10 Å². The first-order valence-electron chi connectivity index (χ1n) is 8.56. The number of aliphatic hydroxyl groups excluding tert-OH is 1. The van der Waals surface area contributed by atoms with Crippen molar-refractivity contribution < 1.29 is 28.9 Å². The summed E-state index contributed by atoms with van der Waals surface area (Å²) in [5.41, 5.74) is 0. The lowest BCUT2D eigenvalue weighted by atomic mass is 10.0. The van der Waals surface area contributed by atoms with Crippen LogP contribution in [0.4, 0.5) is 0 Å². The van der Waals surface area contributed by atoms with Gasteiger partial charge in [-0.2, -0.15) is 0 Å². The Hall–Kier alpha value is -1.96. The number of esters is 1. The van der Waals surface area contributed by atoms with E-state index in [0.717, 1.165) is 0 Å². The summed E-state index contributed by atoms with van der Waals surface area (Å²) in [5.74, 6) is -0.311. The predicted octanol–water partition coefficient (Wildman–Crippen LogP) is 2.02. The van der Waals surface area contributed by atoms with Gasteiger partial charge in [0.2, 0.25) is 0 Å². The normalized spacial score (nSPS) is 25.3. The van der Waals surface area contributed by atoms with Crippen LogP contribution in [0.3, 0.4) is 0 Å². The fraction of sp³-hybridized carbons (Fsp3) is 0.579. The quantitative estimate of drug-likeness (QED) is 0.260. The predicted molar refractivity (Wildman–Crippen MR) is 98.8 cm³/mol. The van der Waals surface area contributed by atoms with Crippen LogP contribution in [-0.2, 0) is 23.8 Å². The summed E-state index contributed by atoms with van der Waals surface area (Å²) in [6.45, 7) is 5.45. The van der Waals surface area contributed by atoms with Gasteiger partial charge >= 0.3 is 5.97 Å². The van der Waals surface area contributed by atoms with Gasteiger partial charge in [-0.05, 0) is 12.5 Å². The van der Waals surface area contributed by atoms with Crippen molar-refractivity contribution in [2.24, 2.45) is 11.1 Å². The Morgan fingerprint density at radius 2 is 2.19 bits per heavy atom. The molecule has 1 aliphatic heterocycles. The fourth-order valence-corrected chi connectivity index (χ4v) is 2.40. The highest BCUT2D eigenvalue weighted by Gasteiger charge is 2.28. The summed E-state index contributed by atoms with van der Waals surface area (Å²) in [6, 6.07) is 0. The van der Waals surface area contributed by atoms with Crippen LogP contribution in [0.2, 0.25) is 0 Å². The first-order valence-corrected chi connectivity index (χ1v) is 8.56. The highest BCUT2D eigenvalue weighted by Crippen LogP contribution is 2.18. The molecule has 0 aliphatic carbocycles. The van der Waals surface area contributed by atoms with E-state index in [1.54, 1.807) is 25.5 Å². The van der Waals surface area contributed by atoms with Gasteiger partial charge in [-0.25, -0.2) is 0 Å². The monoisotopic (exact) mass is 367 g/mol. The molecule has 1 aliphatic rings. The lowest BCUT2D eigenvalue weighted by Crippen LogP contribution is -2.38. The average molecular weight is 367 g/mol. The molecule has 0 fully saturated rings. The molecule has 1 rings (SSSR count). The molecule has 26 heavy (non-hydrogen) atoms. The molecule has 1 N–H and O–H groups in total. The van der Waals surface area contributed by atoms with Gasteiger partial charge < -0.3 is 24.2 Å². The van der Waals surface area contributed by atoms with E-state index in [9.17, 15) is 9.90 Å². The minimum absolute atomic E-state index is 0.0132. The summed E-state index contributed by atoms with van der Waals surface area (Å²) in [4.78, 5) is 16.6. The number of ether oxygens (including phenoxy) is 3. The molecule has 7 heteroatoms. The molecule has 0 radical (unpaired) electrons. The number of carbonyl (C=O) groups excluding carboxylic acids is 1. The van der Waals surface area contributed by atoms with Gasteiger partial charge in [0.1, 0.15) is 12.2 Å². The molecule has 7 nitrogen and oxygen atoms in total. The number of hydrogen-bond acceptors (Lipinski definition) is 7. The van der Waals surface area contributed by atoms with Crippen LogP contribution in [0, 0.1) is 5.92 Å². The van der Waals surface area contributed by atoms with Crippen molar-refractivity contribution in [1.29, 1.82) is 0 Å². The SMILES string of the molecule is C=CC[C@@H]1C=C[C@H](ON=C[C@@H](OC)[C@H](C)C=CCC(=O)OC)[C@@H](CO)O1. The van der Waals surface area contributed by atoms with Crippen LogP contribution in [0.25, 0.3) is 0 Å². The molecule has 0 aromatic carbocycles. The fourth-order valence-electron chi connectivity index (χ4n) is 2.40. The first-order chi connectivity index (χ1) is 12.5. The third-order valence-corrected chi connectivity index (χ3v) is 3.94. The zero-order valence-corrected chi connectivity index (χ0v) is 15.6. The molecule has 5 atom stereocenters. The average Bonchev–Trinajstić information content (AvgIpc) is 2.65. The lowest BCUT2D eigenvalue weighted by Gasteiger charge is -2.29. The summed E-state index contributed by atoms with van der Waals surface area (Å²) >= 11 is 0. The van der Waals surface area contributed by atoms with Crippen LogP contribution in [0.15, 0.2) is 42.1 Å². The van der Waals surface area contributed by atoms with Crippen LogP contribution < -0.4 is 0 Å². The topological polar surface area (TPSA) is 86.6 Å². The zero-order valence-electron chi connectivity index (χ0n) is 15.6. The van der Waals surface area contributed by atoms with E-state index in [1.807, 2.05) is 25.2 Å². The maximum Gasteiger partial charge on any atom is 0.309 e. The van der Waals surface area contributed by atoms with E-state index in [4.69, 9.17) is 14.3 Å². The molecule has 0 aromatic rings. The van der Waals surface area contributed by atoms with Gasteiger partial charge in [0, 0.05) is 13.0 Å². The number of oxime groups is 1. The molecule has 0 saturated carbocycles. The number of hydrogen-bond donors (Lipinski definition) is 1. The Labute approximate surface area is 154 Å². The van der Waals surface area contributed by atoms with Gasteiger partial charge in [0.25, 0.3) is 0 Å². The van der Waals surface area contributed by atoms with Crippen molar-refractivity contribution in [2.75, 3.05) is 20.8 Å². The third-order valence-electron chi connectivity index (χ3n) is 3.94. The molecule has 146 valence electrons. The van der Waals surface area contributed by atoms with E-state index >= 15 is 0 Å². The van der Waals surface area contributed by atoms with Crippen LogP contribution >= 0.6 is 0 Å². The van der Waals surface area contributed by atoms with Crippen LogP contribution in [0.1, 0.15) is 19.8 Å². The standard InChI is InChI=1S/C19H29NO6/c1-5-7-15-10-11-16(18(13-21)25-15)26-20-12-17(23-3)14(2)8-6-9-19(22)24-4/h5-6,8,10-12,14-18,21H,1,7,9,13H2,2-4H3/t14-,15-,16+,17-,18-/m1/s1. The molecular formula is C19H29NO6. The third kappa shape index (κ3) is 7.51. The van der Waals surface area contributed by atoms with Crippen LogP contribution in [0.5, 0.6) is 0 Å². The van der Waals surface area contributed by atoms with Gasteiger partial charge in [0.05, 0.1) is 32.5 Å². The van der Waals surface area contributed by atoms with Gasteiger partial charge in [-0.1, -0.05) is 36.4 Å². The number of aliphatic hydroxyl groups is 1. The van der Waals surface area contributed by atoms with Crippen LogP contribution in [-0.4, -0.2) is 62.5 Å². The van der Waals surface area contributed by atoms with Gasteiger partial charge in [-0.3, -0.25) is 4.79 Å². The van der Waals surface area contributed by atoms with Crippen molar-refractivity contribution >= 4 is 12.2 Å². The van der Waals surface area contributed by atoms with Crippen molar-refractivity contribution in [3.8, 4) is 0 Å². The number of nitrogens with zero attached hydrogens (tertiary/aromatic N) is 1. The highest BCUT2D eigenvalue weighted by molar-refractivity contribution is 5.71. The largest absolute Gasteiger partial charge is 0.469 e. The maximum atomic E-state index is 11.1. The summed E-state index contributed by atoms with van der Waals surface area (Å²) in [6.07, 6.45) is 10.1. The second-order valence-electron chi connectivity index (χ2n) is 5.90. The van der Waals surface area contributed by atoms with Gasteiger partial charge in [-0.15, -0.1) is 6.58 Å². The smallest absolute Gasteiger partial charge is 0.309 e. The number of methoxy groups -OCH3 is 2. The van der Waals surface area contributed by atoms with Crippen molar-refractivity contribution in [2.45, 2.75) is 44.2 Å². The Bertz CT molecular complexity index is 516. The van der Waals surface area contributed by atoms with Crippen molar-refractivity contribution in [3.05, 3.63) is 37.0 Å². The Balaban J connectivity index is 2.56. The number of carbonyl (C=O) groups is 1. The van der Waals surface area contributed by atoms with E-state index in [1.165, 1.54) is 7.11 Å². The van der Waals surface area contributed by atoms with E-state index in [0.29, 0.717) is 6.42 Å². The summed E-state index contributed by atoms with van der Waals surface area (Å²) in [5, 5.41) is 13.4.